The van der Waals surface area contributed by atoms with Gasteiger partial charge in [-0.05, 0) is 50.3 Å². The van der Waals surface area contributed by atoms with Gasteiger partial charge in [0.1, 0.15) is 10.8 Å². The Morgan fingerprint density at radius 3 is 2.67 bits per heavy atom. The van der Waals surface area contributed by atoms with Crippen LogP contribution in [-0.2, 0) is 4.74 Å². The quantitative estimate of drug-likeness (QED) is 0.475. The van der Waals surface area contributed by atoms with E-state index in [0.717, 1.165) is 34.7 Å². The Kier molecular flexibility index (Phi) is 6.83. The molecule has 0 unspecified atom stereocenters. The molecule has 2 N–H and O–H groups in total. The molecule has 0 saturated heterocycles. The van der Waals surface area contributed by atoms with E-state index in [1.54, 1.807) is 24.4 Å². The minimum absolute atomic E-state index is 0.145. The van der Waals surface area contributed by atoms with E-state index in [9.17, 15) is 9.59 Å². The summed E-state index contributed by atoms with van der Waals surface area (Å²) >= 11 is 1.49. The maximum Gasteiger partial charge on any atom is 0.356 e. The van der Waals surface area contributed by atoms with Crippen LogP contribution in [-0.4, -0.2) is 47.2 Å². The van der Waals surface area contributed by atoms with E-state index >= 15 is 0 Å². The number of esters is 1. The topological polar surface area (TPSA) is 115 Å². The number of nitrogens with one attached hydrogen (secondary N) is 2. The number of hydrogen-bond donors (Lipinski definition) is 2. The SMILES string of the molecule is CCNC(=O)Nc1cc(-c2nc(C)cs2)c(-c2cc(OCC3CC3)nc(C(=O)OC)c2)cn1. The normalized spacial score (nSPS) is 12.8. The Labute approximate surface area is 195 Å². The minimum Gasteiger partial charge on any atom is -0.477 e. The van der Waals surface area contributed by atoms with E-state index in [-0.39, 0.29) is 11.7 Å². The molecule has 1 aliphatic carbocycles. The number of thiazole rings is 1. The first-order valence-corrected chi connectivity index (χ1v) is 11.6. The molecule has 9 nitrogen and oxygen atoms in total. The maximum absolute atomic E-state index is 12.3. The lowest BCUT2D eigenvalue weighted by Gasteiger charge is -2.13. The lowest BCUT2D eigenvalue weighted by molar-refractivity contribution is 0.0592. The predicted molar refractivity (Wildman–Crippen MR) is 126 cm³/mol. The molecule has 0 aromatic carbocycles. The number of nitrogens with zero attached hydrogens (tertiary/aromatic N) is 3. The second-order valence-corrected chi connectivity index (χ2v) is 8.58. The van der Waals surface area contributed by atoms with Gasteiger partial charge in [0.15, 0.2) is 5.69 Å². The van der Waals surface area contributed by atoms with Crippen molar-refractivity contribution in [1.82, 2.24) is 20.3 Å². The summed E-state index contributed by atoms with van der Waals surface area (Å²) in [5.41, 5.74) is 3.22. The van der Waals surface area contributed by atoms with Gasteiger partial charge in [-0.3, -0.25) is 5.32 Å². The second-order valence-electron chi connectivity index (χ2n) is 7.72. The van der Waals surface area contributed by atoms with Crippen molar-refractivity contribution in [3.63, 3.8) is 0 Å². The minimum atomic E-state index is -0.553. The molecule has 1 aliphatic rings. The number of carbonyl (C=O) groups is 2. The van der Waals surface area contributed by atoms with Crippen LogP contribution in [0.5, 0.6) is 5.88 Å². The van der Waals surface area contributed by atoms with Gasteiger partial charge in [-0.25, -0.2) is 24.5 Å². The highest BCUT2D eigenvalue weighted by Gasteiger charge is 2.23. The van der Waals surface area contributed by atoms with E-state index in [0.29, 0.717) is 36.3 Å². The van der Waals surface area contributed by atoms with Gasteiger partial charge >= 0.3 is 12.0 Å². The van der Waals surface area contributed by atoms with Crippen LogP contribution in [0.25, 0.3) is 21.7 Å². The van der Waals surface area contributed by atoms with Gasteiger partial charge in [-0.15, -0.1) is 11.3 Å². The fourth-order valence-corrected chi connectivity index (χ4v) is 3.99. The highest BCUT2D eigenvalue weighted by molar-refractivity contribution is 7.13. The molecule has 1 fully saturated rings. The van der Waals surface area contributed by atoms with Gasteiger partial charge in [0, 0.05) is 41.0 Å². The number of rotatable bonds is 8. The number of amides is 2. The van der Waals surface area contributed by atoms with Gasteiger partial charge < -0.3 is 14.8 Å². The highest BCUT2D eigenvalue weighted by atomic mass is 32.1. The summed E-state index contributed by atoms with van der Waals surface area (Å²) in [5.74, 6) is 0.722. The number of hydrogen-bond acceptors (Lipinski definition) is 8. The Balaban J connectivity index is 1.78. The van der Waals surface area contributed by atoms with Crippen molar-refractivity contribution in [2.45, 2.75) is 26.7 Å². The van der Waals surface area contributed by atoms with Crippen molar-refractivity contribution >= 4 is 29.2 Å². The molecule has 0 bridgehead atoms. The van der Waals surface area contributed by atoms with Crippen LogP contribution in [0.1, 0.15) is 35.9 Å². The van der Waals surface area contributed by atoms with E-state index in [1.807, 2.05) is 19.2 Å². The third kappa shape index (κ3) is 5.64. The molecule has 2 amide bonds. The molecule has 1 saturated carbocycles. The zero-order chi connectivity index (χ0) is 23.4. The molecule has 10 heteroatoms. The Morgan fingerprint density at radius 1 is 1.18 bits per heavy atom. The first-order valence-electron chi connectivity index (χ1n) is 10.7. The lowest BCUT2D eigenvalue weighted by Crippen LogP contribution is -2.28. The number of aromatic nitrogens is 3. The molecule has 0 aliphatic heterocycles. The molecule has 3 heterocycles. The average molecular weight is 468 g/mol. The molecular weight excluding hydrogens is 442 g/mol. The Morgan fingerprint density at radius 2 is 2.00 bits per heavy atom. The van der Waals surface area contributed by atoms with E-state index in [1.165, 1.54) is 18.4 Å². The molecular formula is C23H25N5O4S. The summed E-state index contributed by atoms with van der Waals surface area (Å²) in [5, 5.41) is 8.14. The van der Waals surface area contributed by atoms with Gasteiger partial charge in [0.25, 0.3) is 0 Å². The first-order chi connectivity index (χ1) is 16.0. The number of ether oxygens (including phenoxy) is 2. The summed E-state index contributed by atoms with van der Waals surface area (Å²) in [7, 11) is 1.31. The zero-order valence-electron chi connectivity index (χ0n) is 18.7. The molecule has 172 valence electrons. The van der Waals surface area contributed by atoms with Crippen LogP contribution in [0.4, 0.5) is 10.6 Å². The average Bonchev–Trinajstić information content (AvgIpc) is 3.55. The molecule has 0 radical (unpaired) electrons. The number of pyridine rings is 2. The molecule has 0 atom stereocenters. The Hall–Kier alpha value is -3.53. The predicted octanol–water partition coefficient (Wildman–Crippen LogP) is 4.29. The molecule has 0 spiro atoms. The summed E-state index contributed by atoms with van der Waals surface area (Å²) in [6.45, 7) is 4.81. The van der Waals surface area contributed by atoms with E-state index in [4.69, 9.17) is 9.47 Å². The van der Waals surface area contributed by atoms with Crippen molar-refractivity contribution in [2.24, 2.45) is 5.92 Å². The first kappa shape index (κ1) is 22.7. The van der Waals surface area contributed by atoms with Crippen LogP contribution in [0.3, 0.4) is 0 Å². The molecule has 3 aromatic heterocycles. The fourth-order valence-electron chi connectivity index (χ4n) is 3.16. The van der Waals surface area contributed by atoms with E-state index < -0.39 is 5.97 Å². The monoisotopic (exact) mass is 467 g/mol. The second kappa shape index (κ2) is 9.95. The van der Waals surface area contributed by atoms with Crippen LogP contribution < -0.4 is 15.4 Å². The van der Waals surface area contributed by atoms with E-state index in [2.05, 4.69) is 25.6 Å². The van der Waals surface area contributed by atoms with Crippen LogP contribution in [0.2, 0.25) is 0 Å². The Bertz CT molecular complexity index is 1180. The van der Waals surface area contributed by atoms with Crippen molar-refractivity contribution in [1.29, 1.82) is 0 Å². The van der Waals surface area contributed by atoms with Gasteiger partial charge in [-0.2, -0.15) is 0 Å². The van der Waals surface area contributed by atoms with Crippen molar-refractivity contribution in [3.8, 4) is 27.6 Å². The van der Waals surface area contributed by atoms with Gasteiger partial charge in [0.2, 0.25) is 5.88 Å². The fraction of sp³-hybridized carbons (Fsp3) is 0.348. The summed E-state index contributed by atoms with van der Waals surface area (Å²) in [6.07, 6.45) is 3.93. The summed E-state index contributed by atoms with van der Waals surface area (Å²) < 4.78 is 10.7. The maximum atomic E-state index is 12.3. The summed E-state index contributed by atoms with van der Waals surface area (Å²) in [6, 6.07) is 4.86. The standard InChI is InChI=1S/C23H25N5O4S/c1-4-24-23(30)28-19-9-16(21-26-13(2)12-33-21)17(10-25-19)15-7-18(22(29)31-3)27-20(8-15)32-11-14-5-6-14/h7-10,12,14H,4-6,11H2,1-3H3,(H2,24,25,28,30). The molecule has 4 rings (SSSR count). The number of methoxy groups -OCH3 is 1. The molecule has 33 heavy (non-hydrogen) atoms. The number of aryl methyl sites for hydroxylation is 1. The van der Waals surface area contributed by atoms with Gasteiger partial charge in [-0.1, -0.05) is 0 Å². The smallest absolute Gasteiger partial charge is 0.356 e. The zero-order valence-corrected chi connectivity index (χ0v) is 19.5. The van der Waals surface area contributed by atoms with Crippen molar-refractivity contribution in [3.05, 3.63) is 41.2 Å². The van der Waals surface area contributed by atoms with Crippen LogP contribution in [0, 0.1) is 12.8 Å². The number of carbonyl (C=O) groups excluding carboxylic acids is 2. The number of anilines is 1. The third-order valence-corrected chi connectivity index (χ3v) is 6.00. The van der Waals surface area contributed by atoms with Crippen LogP contribution >= 0.6 is 11.3 Å². The summed E-state index contributed by atoms with van der Waals surface area (Å²) in [4.78, 5) is 37.6. The largest absolute Gasteiger partial charge is 0.477 e. The van der Waals surface area contributed by atoms with Crippen LogP contribution in [0.15, 0.2) is 29.8 Å². The van der Waals surface area contributed by atoms with Gasteiger partial charge in [0.05, 0.1) is 13.7 Å². The lowest BCUT2D eigenvalue weighted by atomic mass is 10.0. The molecule has 3 aromatic rings. The highest BCUT2D eigenvalue weighted by Crippen LogP contribution is 2.37. The third-order valence-electron chi connectivity index (χ3n) is 5.00. The van der Waals surface area contributed by atoms with Crippen molar-refractivity contribution in [2.75, 3.05) is 25.6 Å². The number of urea groups is 1. The van der Waals surface area contributed by atoms with Crippen molar-refractivity contribution < 1.29 is 19.1 Å².